The summed E-state index contributed by atoms with van der Waals surface area (Å²) in [5.41, 5.74) is 2.57. The van der Waals surface area contributed by atoms with Crippen LogP contribution in [0.25, 0.3) is 0 Å². The van der Waals surface area contributed by atoms with Crippen molar-refractivity contribution in [1.82, 2.24) is 10.3 Å². The molecule has 0 aliphatic rings. The Balaban J connectivity index is 2.82. The monoisotopic (exact) mass is 288 g/mol. The Morgan fingerprint density at radius 3 is 2.89 bits per heavy atom. The van der Waals surface area contributed by atoms with Gasteiger partial charge in [-0.3, -0.25) is 4.79 Å². The lowest BCUT2D eigenvalue weighted by Gasteiger charge is -2.16. The Bertz CT molecular complexity index is 416. The molecule has 18 heavy (non-hydrogen) atoms. The Kier molecular flexibility index (Phi) is 6.24. The van der Waals surface area contributed by atoms with Crippen molar-refractivity contribution in [2.75, 3.05) is 17.4 Å². The summed E-state index contributed by atoms with van der Waals surface area (Å²) in [7, 11) is 0. The molecule has 0 saturated carbocycles. The van der Waals surface area contributed by atoms with E-state index in [1.807, 2.05) is 13.2 Å². The lowest BCUT2D eigenvalue weighted by Crippen LogP contribution is -2.36. The van der Waals surface area contributed by atoms with E-state index in [2.05, 4.69) is 15.7 Å². The number of hydrogen-bond acceptors (Lipinski definition) is 5. The van der Waals surface area contributed by atoms with E-state index in [0.29, 0.717) is 10.8 Å². The van der Waals surface area contributed by atoms with Crippen molar-refractivity contribution in [2.24, 2.45) is 5.84 Å². The van der Waals surface area contributed by atoms with Crippen molar-refractivity contribution in [3.63, 3.8) is 0 Å². The maximum absolute atomic E-state index is 12.0. The van der Waals surface area contributed by atoms with Crippen LogP contribution in [0.1, 0.15) is 23.8 Å². The normalized spacial score (nSPS) is 12.0. The van der Waals surface area contributed by atoms with Crippen LogP contribution in [-0.2, 0) is 0 Å². The van der Waals surface area contributed by atoms with Crippen LogP contribution in [-0.4, -0.2) is 28.9 Å². The van der Waals surface area contributed by atoms with Gasteiger partial charge in [0.1, 0.15) is 11.5 Å². The van der Waals surface area contributed by atoms with E-state index in [1.54, 1.807) is 23.9 Å². The molecule has 4 N–H and O–H groups in total. The maximum Gasteiger partial charge on any atom is 0.271 e. The summed E-state index contributed by atoms with van der Waals surface area (Å²) in [6.45, 7) is 2.02. The number of nitrogens with two attached hydrogens (primary N) is 1. The van der Waals surface area contributed by atoms with Crippen molar-refractivity contribution in [2.45, 2.75) is 19.4 Å². The van der Waals surface area contributed by atoms with E-state index in [-0.39, 0.29) is 17.6 Å². The number of hydrogen-bond donors (Lipinski definition) is 3. The first-order valence-corrected chi connectivity index (χ1v) is 7.32. The molecule has 1 aromatic rings. The van der Waals surface area contributed by atoms with Gasteiger partial charge in [0.2, 0.25) is 0 Å². The van der Waals surface area contributed by atoms with Gasteiger partial charge in [0.25, 0.3) is 5.91 Å². The minimum Gasteiger partial charge on any atom is -0.347 e. The van der Waals surface area contributed by atoms with Crippen LogP contribution in [0.4, 0.5) is 5.82 Å². The highest BCUT2D eigenvalue weighted by atomic mass is 35.5. The van der Waals surface area contributed by atoms with Gasteiger partial charge in [-0.05, 0) is 24.8 Å². The molecular weight excluding hydrogens is 272 g/mol. The molecule has 100 valence electrons. The number of nitrogens with one attached hydrogen (secondary N) is 2. The number of carbonyl (C=O) groups excluding carboxylic acids is 1. The molecule has 0 fully saturated rings. The second-order valence-corrected chi connectivity index (χ2v) is 5.02. The first kappa shape index (κ1) is 15.1. The number of nitrogens with zero attached hydrogens (tertiary/aromatic N) is 1. The second kappa shape index (κ2) is 7.45. The van der Waals surface area contributed by atoms with Crippen molar-refractivity contribution in [1.29, 1.82) is 0 Å². The predicted octanol–water partition coefficient (Wildman–Crippen LogP) is 1.89. The third-order valence-corrected chi connectivity index (χ3v) is 3.45. The van der Waals surface area contributed by atoms with E-state index in [0.717, 1.165) is 12.2 Å². The van der Waals surface area contributed by atoms with Crippen LogP contribution in [0, 0.1) is 0 Å². The summed E-state index contributed by atoms with van der Waals surface area (Å²) < 4.78 is 0. The number of rotatable bonds is 6. The van der Waals surface area contributed by atoms with Gasteiger partial charge in [-0.2, -0.15) is 11.8 Å². The van der Waals surface area contributed by atoms with Gasteiger partial charge < -0.3 is 10.7 Å². The van der Waals surface area contributed by atoms with E-state index in [9.17, 15) is 4.79 Å². The Morgan fingerprint density at radius 2 is 2.33 bits per heavy atom. The van der Waals surface area contributed by atoms with E-state index >= 15 is 0 Å². The fraction of sp³-hybridized carbons (Fsp3) is 0.455. The Labute approximate surface area is 116 Å². The summed E-state index contributed by atoms with van der Waals surface area (Å²) in [4.78, 5) is 16.1. The SMILES string of the molecule is CCC(CSC)NC(=O)c1nc(NN)ccc1Cl. The van der Waals surface area contributed by atoms with Crippen molar-refractivity contribution in [3.05, 3.63) is 22.8 Å². The molecule has 0 aliphatic heterocycles. The van der Waals surface area contributed by atoms with Crippen molar-refractivity contribution < 1.29 is 4.79 Å². The van der Waals surface area contributed by atoms with E-state index in [4.69, 9.17) is 17.4 Å². The van der Waals surface area contributed by atoms with Gasteiger partial charge in [0.05, 0.1) is 5.02 Å². The topological polar surface area (TPSA) is 80.0 Å². The predicted molar refractivity (Wildman–Crippen MR) is 77.0 cm³/mol. The van der Waals surface area contributed by atoms with Gasteiger partial charge in [-0.25, -0.2) is 10.8 Å². The number of pyridine rings is 1. The summed E-state index contributed by atoms with van der Waals surface area (Å²) in [5.74, 6) is 6.23. The molecule has 0 bridgehead atoms. The number of anilines is 1. The molecule has 1 amide bonds. The molecule has 0 aromatic carbocycles. The Morgan fingerprint density at radius 1 is 1.61 bits per heavy atom. The number of carbonyl (C=O) groups is 1. The molecule has 1 unspecified atom stereocenters. The second-order valence-electron chi connectivity index (χ2n) is 3.71. The largest absolute Gasteiger partial charge is 0.347 e. The van der Waals surface area contributed by atoms with Crippen LogP contribution >= 0.6 is 23.4 Å². The summed E-state index contributed by atoms with van der Waals surface area (Å²) >= 11 is 7.64. The molecule has 0 saturated heterocycles. The smallest absolute Gasteiger partial charge is 0.271 e. The van der Waals surface area contributed by atoms with Crippen LogP contribution in [0.15, 0.2) is 12.1 Å². The van der Waals surface area contributed by atoms with Crippen molar-refractivity contribution >= 4 is 35.1 Å². The quantitative estimate of drug-likeness (QED) is 0.550. The number of amides is 1. The third kappa shape index (κ3) is 4.04. The Hall–Kier alpha value is -0.980. The molecule has 1 atom stereocenters. The van der Waals surface area contributed by atoms with Gasteiger partial charge in [0.15, 0.2) is 0 Å². The van der Waals surface area contributed by atoms with Crippen LogP contribution in [0.5, 0.6) is 0 Å². The summed E-state index contributed by atoms with van der Waals surface area (Å²) in [6.07, 6.45) is 2.86. The maximum atomic E-state index is 12.0. The fourth-order valence-electron chi connectivity index (χ4n) is 1.40. The minimum atomic E-state index is -0.280. The average molecular weight is 289 g/mol. The summed E-state index contributed by atoms with van der Waals surface area (Å²) in [6, 6.07) is 3.31. The van der Waals surface area contributed by atoms with E-state index < -0.39 is 0 Å². The fourth-order valence-corrected chi connectivity index (χ4v) is 2.31. The lowest BCUT2D eigenvalue weighted by atomic mass is 10.2. The average Bonchev–Trinajstić information content (AvgIpc) is 2.38. The number of nitrogen functional groups attached to an aromatic ring is 1. The molecule has 5 nitrogen and oxygen atoms in total. The van der Waals surface area contributed by atoms with Crippen LogP contribution in [0.3, 0.4) is 0 Å². The van der Waals surface area contributed by atoms with Gasteiger partial charge in [-0.15, -0.1) is 0 Å². The van der Waals surface area contributed by atoms with Crippen molar-refractivity contribution in [3.8, 4) is 0 Å². The van der Waals surface area contributed by atoms with Crippen LogP contribution < -0.4 is 16.6 Å². The number of hydrazine groups is 1. The van der Waals surface area contributed by atoms with Crippen LogP contribution in [0.2, 0.25) is 5.02 Å². The first-order valence-electron chi connectivity index (χ1n) is 5.55. The molecule has 0 aliphatic carbocycles. The number of thioether (sulfide) groups is 1. The molecule has 1 aromatic heterocycles. The van der Waals surface area contributed by atoms with E-state index in [1.165, 1.54) is 0 Å². The van der Waals surface area contributed by atoms with Gasteiger partial charge >= 0.3 is 0 Å². The standard InChI is InChI=1S/C11H17ClN4OS/c1-3-7(6-18-2)14-11(17)10-8(12)4-5-9(15-10)16-13/h4-5,7H,3,6,13H2,1-2H3,(H,14,17)(H,15,16). The first-order chi connectivity index (χ1) is 8.62. The molecule has 7 heteroatoms. The van der Waals surface area contributed by atoms with Gasteiger partial charge in [-0.1, -0.05) is 18.5 Å². The molecule has 0 radical (unpaired) electrons. The molecule has 1 rings (SSSR count). The molecule has 0 spiro atoms. The highest BCUT2D eigenvalue weighted by molar-refractivity contribution is 7.98. The zero-order chi connectivity index (χ0) is 13.5. The zero-order valence-corrected chi connectivity index (χ0v) is 11.9. The molecule has 1 heterocycles. The lowest BCUT2D eigenvalue weighted by molar-refractivity contribution is 0.0935. The minimum absolute atomic E-state index is 0.111. The number of halogens is 1. The zero-order valence-electron chi connectivity index (χ0n) is 10.4. The highest BCUT2D eigenvalue weighted by Gasteiger charge is 2.16. The highest BCUT2D eigenvalue weighted by Crippen LogP contribution is 2.16. The number of aromatic nitrogens is 1. The third-order valence-electron chi connectivity index (χ3n) is 2.40. The summed E-state index contributed by atoms with van der Waals surface area (Å²) in [5, 5.41) is 3.21. The molecular formula is C11H17ClN4OS. The van der Waals surface area contributed by atoms with Gasteiger partial charge in [0, 0.05) is 11.8 Å².